The normalized spacial score (nSPS) is 15.0. The maximum atomic E-state index is 4.21. The quantitative estimate of drug-likeness (QED) is 0.769. The third kappa shape index (κ3) is 3.97. The van der Waals surface area contributed by atoms with Crippen LogP contribution in [0.2, 0.25) is 0 Å². The van der Waals surface area contributed by atoms with Crippen molar-refractivity contribution in [2.24, 2.45) is 13.0 Å². The van der Waals surface area contributed by atoms with Gasteiger partial charge in [0.05, 0.1) is 6.20 Å². The number of hydrogen-bond donors (Lipinski definition) is 1. The van der Waals surface area contributed by atoms with Crippen molar-refractivity contribution < 1.29 is 0 Å². The minimum atomic E-state index is 0.625. The Morgan fingerprint density at radius 2 is 2.19 bits per heavy atom. The Hall–Kier alpha value is -0.830. The van der Waals surface area contributed by atoms with E-state index >= 15 is 0 Å². The molecule has 0 aliphatic rings. The maximum Gasteiger partial charge on any atom is 0.0521 e. The largest absolute Gasteiger partial charge is 0.314 e. The molecule has 1 aromatic rings. The highest BCUT2D eigenvalue weighted by atomic mass is 15.2. The van der Waals surface area contributed by atoms with E-state index in [4.69, 9.17) is 0 Å². The Balaban J connectivity index is 2.45. The van der Waals surface area contributed by atoms with Gasteiger partial charge in [0.15, 0.2) is 0 Å². The molecule has 0 spiro atoms. The third-order valence-corrected chi connectivity index (χ3v) is 3.10. The minimum absolute atomic E-state index is 0.625. The SMILES string of the molecule is CCCNC(CC)C(C)Cc1cnn(C)c1. The molecule has 0 aromatic carbocycles. The summed E-state index contributed by atoms with van der Waals surface area (Å²) in [5.74, 6) is 0.667. The zero-order chi connectivity index (χ0) is 12.0. The van der Waals surface area contributed by atoms with Crippen LogP contribution in [0, 0.1) is 5.92 Å². The Morgan fingerprint density at radius 3 is 2.69 bits per heavy atom. The molecule has 92 valence electrons. The second-order valence-corrected chi connectivity index (χ2v) is 4.67. The fourth-order valence-corrected chi connectivity index (χ4v) is 2.17. The van der Waals surface area contributed by atoms with E-state index in [0.29, 0.717) is 12.0 Å². The van der Waals surface area contributed by atoms with E-state index in [-0.39, 0.29) is 0 Å². The Labute approximate surface area is 99.2 Å². The van der Waals surface area contributed by atoms with Crippen molar-refractivity contribution >= 4 is 0 Å². The number of nitrogens with zero attached hydrogens (tertiary/aromatic N) is 2. The Bertz CT molecular complexity index is 293. The number of hydrogen-bond acceptors (Lipinski definition) is 2. The monoisotopic (exact) mass is 223 g/mol. The fourth-order valence-electron chi connectivity index (χ4n) is 2.17. The van der Waals surface area contributed by atoms with Crippen LogP contribution in [0.15, 0.2) is 12.4 Å². The van der Waals surface area contributed by atoms with E-state index in [1.54, 1.807) is 0 Å². The van der Waals surface area contributed by atoms with Crippen LogP contribution >= 0.6 is 0 Å². The molecule has 0 bridgehead atoms. The van der Waals surface area contributed by atoms with Gasteiger partial charge in [0.2, 0.25) is 0 Å². The molecule has 3 heteroatoms. The second-order valence-electron chi connectivity index (χ2n) is 4.67. The molecule has 0 saturated heterocycles. The standard InChI is InChI=1S/C13H25N3/c1-5-7-14-13(6-2)11(3)8-12-9-15-16(4)10-12/h9-11,13-14H,5-8H2,1-4H3. The van der Waals surface area contributed by atoms with Crippen LogP contribution in [0.25, 0.3) is 0 Å². The van der Waals surface area contributed by atoms with Gasteiger partial charge in [-0.25, -0.2) is 0 Å². The molecule has 0 radical (unpaired) electrons. The maximum absolute atomic E-state index is 4.21. The van der Waals surface area contributed by atoms with Crippen LogP contribution in [0.4, 0.5) is 0 Å². The summed E-state index contributed by atoms with van der Waals surface area (Å²) in [5.41, 5.74) is 1.34. The zero-order valence-corrected chi connectivity index (χ0v) is 11.0. The lowest BCUT2D eigenvalue weighted by molar-refractivity contribution is 0.364. The van der Waals surface area contributed by atoms with Gasteiger partial charge in [0.25, 0.3) is 0 Å². The highest BCUT2D eigenvalue weighted by Crippen LogP contribution is 2.13. The average molecular weight is 223 g/mol. The van der Waals surface area contributed by atoms with Crippen molar-refractivity contribution in [3.8, 4) is 0 Å². The van der Waals surface area contributed by atoms with Gasteiger partial charge in [0, 0.05) is 19.3 Å². The molecule has 1 heterocycles. The van der Waals surface area contributed by atoms with Crippen molar-refractivity contribution in [2.75, 3.05) is 6.54 Å². The molecule has 0 amide bonds. The Kier molecular flexibility index (Phi) is 5.53. The summed E-state index contributed by atoms with van der Waals surface area (Å²) < 4.78 is 1.88. The first-order valence-electron chi connectivity index (χ1n) is 6.38. The fraction of sp³-hybridized carbons (Fsp3) is 0.769. The second kappa shape index (κ2) is 6.69. The van der Waals surface area contributed by atoms with Gasteiger partial charge in [-0.15, -0.1) is 0 Å². The van der Waals surface area contributed by atoms with E-state index < -0.39 is 0 Å². The molecule has 0 aliphatic carbocycles. The molecule has 3 nitrogen and oxygen atoms in total. The molecule has 16 heavy (non-hydrogen) atoms. The molecule has 0 fully saturated rings. The predicted octanol–water partition coefficient (Wildman–Crippen LogP) is 2.38. The first-order valence-corrected chi connectivity index (χ1v) is 6.38. The topological polar surface area (TPSA) is 29.9 Å². The lowest BCUT2D eigenvalue weighted by Gasteiger charge is -2.23. The summed E-state index contributed by atoms with van der Waals surface area (Å²) >= 11 is 0. The summed E-state index contributed by atoms with van der Waals surface area (Å²) in [6, 6.07) is 0.625. The molecule has 1 N–H and O–H groups in total. The average Bonchev–Trinajstić information content (AvgIpc) is 2.65. The molecule has 2 atom stereocenters. The van der Waals surface area contributed by atoms with Gasteiger partial charge in [-0.3, -0.25) is 4.68 Å². The van der Waals surface area contributed by atoms with Crippen molar-refractivity contribution in [3.63, 3.8) is 0 Å². The van der Waals surface area contributed by atoms with Crippen LogP contribution < -0.4 is 5.32 Å². The Morgan fingerprint density at radius 1 is 1.44 bits per heavy atom. The number of rotatable bonds is 7. The molecule has 1 aromatic heterocycles. The van der Waals surface area contributed by atoms with E-state index in [0.717, 1.165) is 13.0 Å². The van der Waals surface area contributed by atoms with Gasteiger partial charge in [-0.1, -0.05) is 20.8 Å². The van der Waals surface area contributed by atoms with Gasteiger partial charge in [-0.05, 0) is 37.3 Å². The molecule has 2 unspecified atom stereocenters. The molecule has 0 saturated carbocycles. The van der Waals surface area contributed by atoms with Crippen molar-refractivity contribution in [3.05, 3.63) is 18.0 Å². The first kappa shape index (κ1) is 13.2. The highest BCUT2D eigenvalue weighted by Gasteiger charge is 2.15. The van der Waals surface area contributed by atoms with E-state index in [2.05, 4.69) is 37.4 Å². The number of nitrogens with one attached hydrogen (secondary N) is 1. The van der Waals surface area contributed by atoms with E-state index in [1.165, 1.54) is 18.4 Å². The van der Waals surface area contributed by atoms with Crippen LogP contribution in [0.1, 0.15) is 39.2 Å². The summed E-state index contributed by atoms with van der Waals surface area (Å²) in [6.07, 6.45) is 7.60. The van der Waals surface area contributed by atoms with E-state index in [9.17, 15) is 0 Å². The van der Waals surface area contributed by atoms with Crippen LogP contribution in [0.3, 0.4) is 0 Å². The smallest absolute Gasteiger partial charge is 0.0521 e. The summed E-state index contributed by atoms with van der Waals surface area (Å²) in [7, 11) is 1.97. The lowest BCUT2D eigenvalue weighted by Crippen LogP contribution is -2.35. The predicted molar refractivity (Wildman–Crippen MR) is 68.4 cm³/mol. The van der Waals surface area contributed by atoms with E-state index in [1.807, 2.05) is 17.9 Å². The number of aromatic nitrogens is 2. The first-order chi connectivity index (χ1) is 7.67. The third-order valence-electron chi connectivity index (χ3n) is 3.10. The van der Waals surface area contributed by atoms with Crippen molar-refractivity contribution in [1.29, 1.82) is 0 Å². The molecular formula is C13H25N3. The molecule has 1 rings (SSSR count). The summed E-state index contributed by atoms with van der Waals surface area (Å²) in [4.78, 5) is 0. The highest BCUT2D eigenvalue weighted by molar-refractivity contribution is 5.05. The minimum Gasteiger partial charge on any atom is -0.314 e. The van der Waals surface area contributed by atoms with Gasteiger partial charge >= 0.3 is 0 Å². The zero-order valence-electron chi connectivity index (χ0n) is 11.0. The molecule has 0 aliphatic heterocycles. The van der Waals surface area contributed by atoms with Crippen molar-refractivity contribution in [1.82, 2.24) is 15.1 Å². The van der Waals surface area contributed by atoms with Gasteiger partial charge in [0.1, 0.15) is 0 Å². The van der Waals surface area contributed by atoms with Crippen LogP contribution in [-0.4, -0.2) is 22.4 Å². The summed E-state index contributed by atoms with van der Waals surface area (Å²) in [6.45, 7) is 7.91. The van der Waals surface area contributed by atoms with Gasteiger partial charge < -0.3 is 5.32 Å². The molecular weight excluding hydrogens is 198 g/mol. The van der Waals surface area contributed by atoms with Crippen LogP contribution in [0.5, 0.6) is 0 Å². The van der Waals surface area contributed by atoms with Gasteiger partial charge in [-0.2, -0.15) is 5.10 Å². The van der Waals surface area contributed by atoms with Crippen molar-refractivity contribution in [2.45, 2.75) is 46.1 Å². The lowest BCUT2D eigenvalue weighted by atomic mass is 9.93. The summed E-state index contributed by atoms with van der Waals surface area (Å²) in [5, 5.41) is 7.83. The van der Waals surface area contributed by atoms with Crippen LogP contribution in [-0.2, 0) is 13.5 Å². The number of aryl methyl sites for hydroxylation is 1.